The van der Waals surface area contributed by atoms with Gasteiger partial charge < -0.3 is 20.2 Å². The maximum atomic E-state index is 9.50. The summed E-state index contributed by atoms with van der Waals surface area (Å²) in [6.45, 7) is 12.5. The van der Waals surface area contributed by atoms with Gasteiger partial charge in [0.15, 0.2) is 0 Å². The van der Waals surface area contributed by atoms with E-state index in [0.29, 0.717) is 6.04 Å². The van der Waals surface area contributed by atoms with Crippen LogP contribution in [0, 0.1) is 0 Å². The van der Waals surface area contributed by atoms with E-state index in [1.54, 1.807) is 0 Å². The molecule has 1 aliphatic carbocycles. The van der Waals surface area contributed by atoms with Crippen molar-refractivity contribution in [1.29, 1.82) is 0 Å². The Morgan fingerprint density at radius 3 is 2.51 bits per heavy atom. The fourth-order valence-electron chi connectivity index (χ4n) is 5.25. The standard InChI is InChI=1S/C31H43N3O/c1-4-5-11-18-33(19-12-13-20-35)31-27(21-26-15-7-6-8-16-26)22-28(29-23-32-29)25(3)34(31)30-17-10-9-14-24(30)2/h6-9,14-16,22,29,32,35H,3-5,10-13,17-21,23H2,1-2H3. The first-order chi connectivity index (χ1) is 17.1. The Hall–Kier alpha value is -2.56. The van der Waals surface area contributed by atoms with Crippen LogP contribution in [0.1, 0.15) is 64.4 Å². The molecule has 4 nitrogen and oxygen atoms in total. The highest BCUT2D eigenvalue weighted by atomic mass is 16.2. The van der Waals surface area contributed by atoms with E-state index in [1.165, 1.54) is 53.1 Å². The Morgan fingerprint density at radius 1 is 1.11 bits per heavy atom. The van der Waals surface area contributed by atoms with E-state index in [4.69, 9.17) is 0 Å². The lowest BCUT2D eigenvalue weighted by Gasteiger charge is -2.44. The van der Waals surface area contributed by atoms with E-state index in [9.17, 15) is 5.11 Å². The first-order valence-electron chi connectivity index (χ1n) is 13.6. The molecule has 1 aromatic rings. The van der Waals surface area contributed by atoms with Crippen molar-refractivity contribution < 1.29 is 5.11 Å². The average Bonchev–Trinajstić information content (AvgIpc) is 3.71. The predicted octanol–water partition coefficient (Wildman–Crippen LogP) is 6.06. The van der Waals surface area contributed by atoms with E-state index in [0.717, 1.165) is 57.4 Å². The van der Waals surface area contributed by atoms with E-state index < -0.39 is 0 Å². The highest BCUT2D eigenvalue weighted by Crippen LogP contribution is 2.41. The van der Waals surface area contributed by atoms with Crippen LogP contribution in [0.25, 0.3) is 0 Å². The van der Waals surface area contributed by atoms with Gasteiger partial charge in [0.05, 0.1) is 0 Å². The fourth-order valence-corrected chi connectivity index (χ4v) is 5.25. The molecule has 0 saturated carbocycles. The molecule has 1 atom stereocenters. The van der Waals surface area contributed by atoms with Gasteiger partial charge in [-0.3, -0.25) is 0 Å². The lowest BCUT2D eigenvalue weighted by molar-refractivity contribution is 0.230. The molecule has 188 valence electrons. The lowest BCUT2D eigenvalue weighted by Crippen LogP contribution is -2.40. The van der Waals surface area contributed by atoms with Crippen LogP contribution in [0.5, 0.6) is 0 Å². The number of unbranched alkanes of at least 4 members (excludes halogenated alkanes) is 3. The monoisotopic (exact) mass is 473 g/mol. The number of rotatable bonds is 13. The van der Waals surface area contributed by atoms with Crippen LogP contribution in [-0.2, 0) is 6.42 Å². The second kappa shape index (κ2) is 12.4. The quantitative estimate of drug-likeness (QED) is 0.270. The molecule has 3 aliphatic rings. The first-order valence-corrected chi connectivity index (χ1v) is 13.6. The van der Waals surface area contributed by atoms with Crippen molar-refractivity contribution in [3.05, 3.63) is 94.6 Å². The summed E-state index contributed by atoms with van der Waals surface area (Å²) < 4.78 is 0. The minimum absolute atomic E-state index is 0.252. The average molecular weight is 474 g/mol. The van der Waals surface area contributed by atoms with Crippen molar-refractivity contribution in [2.75, 3.05) is 26.2 Å². The van der Waals surface area contributed by atoms with Crippen LogP contribution >= 0.6 is 0 Å². The SMILES string of the molecule is C=C1C(C2CN2)=CC(Cc2ccccc2)=C(N(CCCCC)CCCCO)N1C1=C(C)C=CCC1. The highest BCUT2D eigenvalue weighted by Gasteiger charge is 2.37. The fraction of sp³-hybridized carbons (Fsp3) is 0.484. The number of benzene rings is 1. The van der Waals surface area contributed by atoms with Gasteiger partial charge in [0.2, 0.25) is 0 Å². The molecule has 0 bridgehead atoms. The van der Waals surface area contributed by atoms with Gasteiger partial charge in [0, 0.05) is 50.1 Å². The Kier molecular flexibility index (Phi) is 9.06. The molecule has 1 aromatic carbocycles. The molecule has 0 amide bonds. The second-order valence-electron chi connectivity index (χ2n) is 10.0. The normalized spacial score (nSPS) is 20.0. The van der Waals surface area contributed by atoms with Crippen LogP contribution in [0.15, 0.2) is 89.1 Å². The van der Waals surface area contributed by atoms with Crippen molar-refractivity contribution >= 4 is 0 Å². The van der Waals surface area contributed by atoms with Crippen LogP contribution in [-0.4, -0.2) is 47.2 Å². The third-order valence-corrected chi connectivity index (χ3v) is 7.26. The van der Waals surface area contributed by atoms with Crippen molar-refractivity contribution in [2.24, 2.45) is 0 Å². The van der Waals surface area contributed by atoms with E-state index in [1.807, 2.05) is 0 Å². The summed E-state index contributed by atoms with van der Waals surface area (Å²) in [6, 6.07) is 11.3. The minimum atomic E-state index is 0.252. The molecule has 0 aromatic heterocycles. The van der Waals surface area contributed by atoms with Crippen LogP contribution in [0.4, 0.5) is 0 Å². The summed E-state index contributed by atoms with van der Waals surface area (Å²) in [4.78, 5) is 5.11. The molecule has 35 heavy (non-hydrogen) atoms. The Balaban J connectivity index is 1.83. The molecule has 2 heterocycles. The molecule has 2 aliphatic heterocycles. The molecule has 4 heteroatoms. The van der Waals surface area contributed by atoms with Gasteiger partial charge in [-0.1, -0.05) is 68.8 Å². The molecule has 4 rings (SSSR count). The van der Waals surface area contributed by atoms with E-state index in [-0.39, 0.29) is 6.61 Å². The summed E-state index contributed by atoms with van der Waals surface area (Å²) in [6.07, 6.45) is 15.5. The summed E-state index contributed by atoms with van der Waals surface area (Å²) in [5, 5.41) is 13.0. The van der Waals surface area contributed by atoms with Gasteiger partial charge in [-0.05, 0) is 67.4 Å². The van der Waals surface area contributed by atoms with Gasteiger partial charge in [-0.15, -0.1) is 0 Å². The maximum Gasteiger partial charge on any atom is 0.116 e. The van der Waals surface area contributed by atoms with Crippen LogP contribution in [0.2, 0.25) is 0 Å². The van der Waals surface area contributed by atoms with Gasteiger partial charge in [-0.2, -0.15) is 0 Å². The van der Waals surface area contributed by atoms with E-state index >= 15 is 0 Å². The van der Waals surface area contributed by atoms with Crippen LogP contribution < -0.4 is 5.32 Å². The van der Waals surface area contributed by atoms with Gasteiger partial charge >= 0.3 is 0 Å². The molecule has 2 N–H and O–H groups in total. The molecular formula is C31H43N3O. The van der Waals surface area contributed by atoms with Gasteiger partial charge in [0.1, 0.15) is 5.82 Å². The number of aliphatic hydroxyl groups is 1. The zero-order valence-electron chi connectivity index (χ0n) is 21.7. The molecular weight excluding hydrogens is 430 g/mol. The number of allylic oxidation sites excluding steroid dienone is 6. The number of hydrogen-bond acceptors (Lipinski definition) is 4. The first kappa shape index (κ1) is 25.5. The summed E-state index contributed by atoms with van der Waals surface area (Å²) >= 11 is 0. The Morgan fingerprint density at radius 2 is 1.86 bits per heavy atom. The van der Waals surface area contributed by atoms with Crippen molar-refractivity contribution in [2.45, 2.75) is 71.3 Å². The molecule has 1 saturated heterocycles. The Bertz CT molecular complexity index is 987. The zero-order valence-corrected chi connectivity index (χ0v) is 21.7. The number of nitrogens with zero attached hydrogens (tertiary/aromatic N) is 2. The maximum absolute atomic E-state index is 9.50. The lowest BCUT2D eigenvalue weighted by atomic mass is 9.92. The topological polar surface area (TPSA) is 48.6 Å². The van der Waals surface area contributed by atoms with Crippen molar-refractivity contribution in [3.8, 4) is 0 Å². The molecule has 0 radical (unpaired) electrons. The van der Waals surface area contributed by atoms with Crippen molar-refractivity contribution in [1.82, 2.24) is 15.1 Å². The largest absolute Gasteiger partial charge is 0.396 e. The number of nitrogens with one attached hydrogen (secondary N) is 1. The smallest absolute Gasteiger partial charge is 0.116 e. The molecule has 1 fully saturated rings. The summed E-state index contributed by atoms with van der Waals surface area (Å²) in [5.74, 6) is 1.31. The van der Waals surface area contributed by atoms with Crippen molar-refractivity contribution in [3.63, 3.8) is 0 Å². The van der Waals surface area contributed by atoms with Gasteiger partial charge in [0.25, 0.3) is 0 Å². The second-order valence-corrected chi connectivity index (χ2v) is 10.0. The summed E-state index contributed by atoms with van der Waals surface area (Å²) in [7, 11) is 0. The number of aliphatic hydroxyl groups excluding tert-OH is 1. The highest BCUT2D eigenvalue weighted by molar-refractivity contribution is 5.53. The number of hydrogen-bond donors (Lipinski definition) is 2. The molecule has 0 spiro atoms. The summed E-state index contributed by atoms with van der Waals surface area (Å²) in [5.41, 5.74) is 7.89. The minimum Gasteiger partial charge on any atom is -0.396 e. The third kappa shape index (κ3) is 6.36. The zero-order chi connectivity index (χ0) is 24.6. The van der Waals surface area contributed by atoms with E-state index in [2.05, 4.69) is 84.1 Å². The third-order valence-electron chi connectivity index (χ3n) is 7.26. The Labute approximate surface area is 212 Å². The molecule has 1 unspecified atom stereocenters. The van der Waals surface area contributed by atoms with Crippen LogP contribution in [0.3, 0.4) is 0 Å². The van der Waals surface area contributed by atoms with Gasteiger partial charge in [-0.25, -0.2) is 0 Å². The predicted molar refractivity (Wildman–Crippen MR) is 147 cm³/mol.